The van der Waals surface area contributed by atoms with Crippen molar-refractivity contribution in [3.8, 4) is 0 Å². The summed E-state index contributed by atoms with van der Waals surface area (Å²) >= 11 is 1.56. The summed E-state index contributed by atoms with van der Waals surface area (Å²) < 4.78 is 1.79. The second-order valence-electron chi connectivity index (χ2n) is 5.47. The highest BCUT2D eigenvalue weighted by Gasteiger charge is 2.22. The molecule has 8 heteroatoms. The molecule has 0 aromatic carbocycles. The van der Waals surface area contributed by atoms with Gasteiger partial charge in [0.15, 0.2) is 5.69 Å². The van der Waals surface area contributed by atoms with Crippen molar-refractivity contribution < 1.29 is 4.79 Å². The highest BCUT2D eigenvalue weighted by molar-refractivity contribution is 7.16. The number of imidazole rings is 1. The van der Waals surface area contributed by atoms with Crippen LogP contribution in [-0.2, 0) is 19.3 Å². The monoisotopic (exact) mass is 316 g/mol. The smallest absolute Gasteiger partial charge is 0.272 e. The fourth-order valence-corrected chi connectivity index (χ4v) is 3.60. The Morgan fingerprint density at radius 3 is 3.27 bits per heavy atom. The summed E-state index contributed by atoms with van der Waals surface area (Å²) in [7, 11) is 0. The average Bonchev–Trinajstić information content (AvgIpc) is 3.17. The zero-order valence-corrected chi connectivity index (χ0v) is 13.0. The molecule has 3 aromatic rings. The van der Waals surface area contributed by atoms with Gasteiger partial charge in [-0.15, -0.1) is 0 Å². The molecule has 1 aliphatic rings. The molecular formula is C14H16N6OS. The molecule has 3 aromatic heterocycles. The van der Waals surface area contributed by atoms with Crippen LogP contribution in [-0.4, -0.2) is 37.2 Å². The van der Waals surface area contributed by atoms with Crippen molar-refractivity contribution in [2.75, 3.05) is 6.54 Å². The Bertz CT molecular complexity index is 813. The summed E-state index contributed by atoms with van der Waals surface area (Å²) in [5, 5.41) is 15.3. The summed E-state index contributed by atoms with van der Waals surface area (Å²) in [4.78, 5) is 17.6. The van der Waals surface area contributed by atoms with Crippen LogP contribution < -0.4 is 5.32 Å². The maximum Gasteiger partial charge on any atom is 0.272 e. The van der Waals surface area contributed by atoms with Gasteiger partial charge in [-0.1, -0.05) is 11.3 Å². The first-order valence-corrected chi connectivity index (χ1v) is 8.18. The molecule has 0 aliphatic heterocycles. The minimum atomic E-state index is -0.102. The fourth-order valence-electron chi connectivity index (χ4n) is 2.86. The van der Waals surface area contributed by atoms with Gasteiger partial charge in [-0.2, -0.15) is 10.2 Å². The van der Waals surface area contributed by atoms with Crippen LogP contribution in [0.25, 0.3) is 4.96 Å². The number of carbonyl (C=O) groups excluding carboxylic acids is 1. The van der Waals surface area contributed by atoms with Crippen molar-refractivity contribution in [1.82, 2.24) is 30.1 Å². The lowest BCUT2D eigenvalue weighted by atomic mass is 10.2. The summed E-state index contributed by atoms with van der Waals surface area (Å²) in [6, 6.07) is 0. The SMILES string of the molecule is Cc1nn2cc(CCNC(=O)c3n[nH]c4c3CCC4)nc2s1. The van der Waals surface area contributed by atoms with E-state index in [1.807, 2.05) is 13.1 Å². The van der Waals surface area contributed by atoms with Gasteiger partial charge in [0.25, 0.3) is 5.91 Å². The Labute approximate surface area is 130 Å². The van der Waals surface area contributed by atoms with E-state index in [0.29, 0.717) is 18.7 Å². The largest absolute Gasteiger partial charge is 0.350 e. The third kappa shape index (κ3) is 2.29. The van der Waals surface area contributed by atoms with E-state index in [1.54, 1.807) is 15.9 Å². The van der Waals surface area contributed by atoms with Crippen LogP contribution in [0.5, 0.6) is 0 Å². The molecule has 2 N–H and O–H groups in total. The Balaban J connectivity index is 1.37. The van der Waals surface area contributed by atoms with E-state index >= 15 is 0 Å². The van der Waals surface area contributed by atoms with Crippen LogP contribution in [0.1, 0.15) is 38.9 Å². The molecule has 0 bridgehead atoms. The lowest BCUT2D eigenvalue weighted by Gasteiger charge is -2.02. The van der Waals surface area contributed by atoms with E-state index in [4.69, 9.17) is 0 Å². The van der Waals surface area contributed by atoms with E-state index in [-0.39, 0.29) is 5.91 Å². The van der Waals surface area contributed by atoms with Gasteiger partial charge in [-0.25, -0.2) is 9.50 Å². The molecule has 0 saturated carbocycles. The second kappa shape index (κ2) is 5.20. The van der Waals surface area contributed by atoms with Crippen molar-refractivity contribution in [3.05, 3.63) is 33.8 Å². The van der Waals surface area contributed by atoms with Gasteiger partial charge in [0, 0.05) is 24.2 Å². The second-order valence-corrected chi connectivity index (χ2v) is 6.63. The third-order valence-corrected chi connectivity index (χ3v) is 4.72. The Morgan fingerprint density at radius 2 is 2.41 bits per heavy atom. The molecule has 0 saturated heterocycles. The maximum atomic E-state index is 12.2. The van der Waals surface area contributed by atoms with E-state index in [0.717, 1.165) is 46.2 Å². The molecule has 0 spiro atoms. The maximum absolute atomic E-state index is 12.2. The quantitative estimate of drug-likeness (QED) is 0.759. The standard InChI is InChI=1S/C14H16N6OS/c1-8-19-20-7-9(16-14(20)22-8)5-6-15-13(21)12-10-3-2-4-11(10)17-18-12/h7H,2-6H2,1H3,(H,15,21)(H,17,18). The highest BCUT2D eigenvalue weighted by atomic mass is 32.1. The van der Waals surface area contributed by atoms with Gasteiger partial charge in [0.2, 0.25) is 4.96 Å². The van der Waals surface area contributed by atoms with E-state index in [2.05, 4.69) is 25.6 Å². The van der Waals surface area contributed by atoms with Crippen LogP contribution in [0.2, 0.25) is 0 Å². The molecule has 22 heavy (non-hydrogen) atoms. The number of rotatable bonds is 4. The zero-order valence-electron chi connectivity index (χ0n) is 12.2. The molecule has 0 radical (unpaired) electrons. The minimum absolute atomic E-state index is 0.102. The van der Waals surface area contributed by atoms with Crippen molar-refractivity contribution in [2.45, 2.75) is 32.6 Å². The van der Waals surface area contributed by atoms with Gasteiger partial charge >= 0.3 is 0 Å². The predicted octanol–water partition coefficient (Wildman–Crippen LogP) is 1.28. The Morgan fingerprint density at radius 1 is 1.50 bits per heavy atom. The van der Waals surface area contributed by atoms with Crippen molar-refractivity contribution in [2.24, 2.45) is 0 Å². The molecule has 1 amide bonds. The number of amides is 1. The van der Waals surface area contributed by atoms with Gasteiger partial charge in [0.05, 0.1) is 11.9 Å². The number of hydrogen-bond donors (Lipinski definition) is 2. The van der Waals surface area contributed by atoms with E-state index in [9.17, 15) is 4.79 Å². The van der Waals surface area contributed by atoms with Gasteiger partial charge < -0.3 is 5.32 Å². The van der Waals surface area contributed by atoms with Crippen LogP contribution in [0.15, 0.2) is 6.20 Å². The minimum Gasteiger partial charge on any atom is -0.350 e. The van der Waals surface area contributed by atoms with Gasteiger partial charge in [0.1, 0.15) is 5.01 Å². The third-order valence-electron chi connectivity index (χ3n) is 3.88. The van der Waals surface area contributed by atoms with Crippen molar-refractivity contribution in [1.29, 1.82) is 0 Å². The number of H-pyrrole nitrogens is 1. The Hall–Kier alpha value is -2.22. The molecule has 7 nitrogen and oxygen atoms in total. The predicted molar refractivity (Wildman–Crippen MR) is 82.3 cm³/mol. The van der Waals surface area contributed by atoms with Crippen molar-refractivity contribution >= 4 is 22.2 Å². The molecule has 3 heterocycles. The number of nitrogens with zero attached hydrogens (tertiary/aromatic N) is 4. The number of carbonyl (C=O) groups is 1. The summed E-state index contributed by atoms with van der Waals surface area (Å²) in [6.45, 7) is 2.51. The normalized spacial score (nSPS) is 13.7. The molecule has 4 rings (SSSR count). The summed E-state index contributed by atoms with van der Waals surface area (Å²) in [6.07, 6.45) is 5.64. The van der Waals surface area contributed by atoms with Gasteiger partial charge in [-0.05, 0) is 26.2 Å². The molecule has 0 unspecified atom stereocenters. The molecular weight excluding hydrogens is 300 g/mol. The number of fused-ring (bicyclic) bond motifs is 2. The van der Waals surface area contributed by atoms with Crippen LogP contribution >= 0.6 is 11.3 Å². The van der Waals surface area contributed by atoms with Crippen LogP contribution in [0.4, 0.5) is 0 Å². The number of hydrogen-bond acceptors (Lipinski definition) is 5. The van der Waals surface area contributed by atoms with Crippen molar-refractivity contribution in [3.63, 3.8) is 0 Å². The fraction of sp³-hybridized carbons (Fsp3) is 0.429. The topological polar surface area (TPSA) is 88.0 Å². The average molecular weight is 316 g/mol. The lowest BCUT2D eigenvalue weighted by molar-refractivity contribution is 0.0948. The number of aromatic nitrogens is 5. The zero-order chi connectivity index (χ0) is 15.1. The molecule has 1 aliphatic carbocycles. The Kier molecular flexibility index (Phi) is 3.18. The molecule has 0 atom stereocenters. The van der Waals surface area contributed by atoms with E-state index in [1.165, 1.54) is 0 Å². The van der Waals surface area contributed by atoms with E-state index < -0.39 is 0 Å². The number of nitrogens with one attached hydrogen (secondary N) is 2. The summed E-state index contributed by atoms with van der Waals surface area (Å²) in [5.41, 5.74) is 3.68. The van der Waals surface area contributed by atoms with Crippen LogP contribution in [0.3, 0.4) is 0 Å². The first-order chi connectivity index (χ1) is 10.7. The lowest BCUT2D eigenvalue weighted by Crippen LogP contribution is -2.27. The van der Waals surface area contributed by atoms with Gasteiger partial charge in [-0.3, -0.25) is 9.89 Å². The first kappa shape index (κ1) is 13.4. The summed E-state index contributed by atoms with van der Waals surface area (Å²) in [5.74, 6) is -0.102. The highest BCUT2D eigenvalue weighted by Crippen LogP contribution is 2.22. The number of aromatic amines is 1. The van der Waals surface area contributed by atoms with Crippen LogP contribution in [0, 0.1) is 6.92 Å². The number of aryl methyl sites for hydroxylation is 2. The first-order valence-electron chi connectivity index (χ1n) is 7.37. The molecule has 0 fully saturated rings. The molecule has 114 valence electrons.